The summed E-state index contributed by atoms with van der Waals surface area (Å²) in [4.78, 5) is 51.8. The first kappa shape index (κ1) is 27.3. The van der Waals surface area contributed by atoms with Crippen molar-refractivity contribution >= 4 is 63.7 Å². The Morgan fingerprint density at radius 1 is 1.13 bits per heavy atom. The molecule has 0 saturated carbocycles. The van der Waals surface area contributed by atoms with Crippen molar-refractivity contribution in [3.05, 3.63) is 41.2 Å². The van der Waals surface area contributed by atoms with Crippen LogP contribution in [-0.4, -0.2) is 69.9 Å². The Labute approximate surface area is 233 Å². The van der Waals surface area contributed by atoms with Crippen molar-refractivity contribution in [3.63, 3.8) is 0 Å². The van der Waals surface area contributed by atoms with Gasteiger partial charge in [-0.1, -0.05) is 22.6 Å². The standard InChI is InChI=1S/C24H31IN10O3/c1-13(2)29-23(38)30-15-5-3-14(4-6-15)21(37)35-9-7-24(8-10-35)12-28-22(34-24)33-20(36)17-19(27)32-18(26)16(11-25)31-17/h3-6,13H,7-12H2,1-2H3,(H4,26,27,32)(H2,29,30,38)(H2,28,33,34,36). The fourth-order valence-electron chi connectivity index (χ4n) is 4.31. The van der Waals surface area contributed by atoms with Gasteiger partial charge < -0.3 is 37.6 Å². The summed E-state index contributed by atoms with van der Waals surface area (Å²) in [5, 5.41) is 12.0. The number of aromatic nitrogens is 2. The van der Waals surface area contributed by atoms with Crippen LogP contribution in [-0.2, 0) is 4.43 Å². The topological polar surface area (TPSA) is 193 Å². The lowest BCUT2D eigenvalue weighted by molar-refractivity contribution is 0.0669. The number of hydrogen-bond acceptors (Lipinski definition) is 7. The van der Waals surface area contributed by atoms with Crippen LogP contribution in [0.2, 0.25) is 0 Å². The number of urea groups is 1. The van der Waals surface area contributed by atoms with Crippen molar-refractivity contribution in [1.29, 1.82) is 0 Å². The van der Waals surface area contributed by atoms with Gasteiger partial charge in [0, 0.05) is 41.4 Å². The van der Waals surface area contributed by atoms with Gasteiger partial charge in [0.15, 0.2) is 17.5 Å². The molecule has 13 nitrogen and oxygen atoms in total. The minimum absolute atomic E-state index is 0.0243. The Balaban J connectivity index is 1.33. The van der Waals surface area contributed by atoms with Gasteiger partial charge in [0.1, 0.15) is 5.82 Å². The van der Waals surface area contributed by atoms with Gasteiger partial charge in [-0.05, 0) is 51.0 Å². The molecule has 202 valence electrons. The molecule has 1 spiro atoms. The zero-order valence-electron chi connectivity index (χ0n) is 21.2. The Morgan fingerprint density at radius 3 is 2.45 bits per heavy atom. The second-order valence-corrected chi connectivity index (χ2v) is 10.3. The van der Waals surface area contributed by atoms with Gasteiger partial charge in [-0.25, -0.2) is 14.8 Å². The van der Waals surface area contributed by atoms with Crippen molar-refractivity contribution in [2.45, 2.75) is 42.7 Å². The summed E-state index contributed by atoms with van der Waals surface area (Å²) in [6.45, 7) is 5.41. The lowest BCUT2D eigenvalue weighted by Crippen LogP contribution is -2.53. The molecule has 0 bridgehead atoms. The Kier molecular flexibility index (Phi) is 8.18. The van der Waals surface area contributed by atoms with E-state index >= 15 is 0 Å². The molecule has 2 aromatic rings. The molecule has 1 aromatic carbocycles. The number of nitrogens with one attached hydrogen (secondary N) is 4. The van der Waals surface area contributed by atoms with Crippen LogP contribution < -0.4 is 32.7 Å². The molecule has 0 aliphatic carbocycles. The average molecular weight is 634 g/mol. The highest BCUT2D eigenvalue weighted by Gasteiger charge is 2.41. The van der Waals surface area contributed by atoms with Crippen molar-refractivity contribution in [3.8, 4) is 0 Å². The monoisotopic (exact) mass is 634 g/mol. The number of likely N-dealkylation sites (tertiary alicyclic amines) is 1. The number of rotatable bonds is 5. The Hall–Kier alpha value is -3.69. The number of nitrogens with two attached hydrogens (primary N) is 2. The van der Waals surface area contributed by atoms with Crippen molar-refractivity contribution in [1.82, 2.24) is 30.8 Å². The van der Waals surface area contributed by atoms with Crippen LogP contribution in [0, 0.1) is 0 Å². The molecule has 0 radical (unpaired) electrons. The van der Waals surface area contributed by atoms with E-state index in [4.69, 9.17) is 11.5 Å². The maximum absolute atomic E-state index is 13.0. The maximum atomic E-state index is 13.0. The number of guanidine groups is 1. The molecule has 2 saturated heterocycles. The van der Waals surface area contributed by atoms with E-state index in [2.05, 4.69) is 58.8 Å². The summed E-state index contributed by atoms with van der Waals surface area (Å²) in [6, 6.07) is 6.57. The van der Waals surface area contributed by atoms with Gasteiger partial charge in [0.25, 0.3) is 5.91 Å². The summed E-state index contributed by atoms with van der Waals surface area (Å²) < 4.78 is 0.485. The molecule has 0 atom stereocenters. The summed E-state index contributed by atoms with van der Waals surface area (Å²) in [7, 11) is 0. The molecule has 0 unspecified atom stereocenters. The smallest absolute Gasteiger partial charge is 0.319 e. The van der Waals surface area contributed by atoms with Crippen LogP contribution in [0.25, 0.3) is 0 Å². The number of carbonyl (C=O) groups excluding carboxylic acids is 3. The van der Waals surface area contributed by atoms with Crippen molar-refractivity contribution in [2.24, 2.45) is 4.99 Å². The van der Waals surface area contributed by atoms with Crippen molar-refractivity contribution < 1.29 is 14.4 Å². The van der Waals surface area contributed by atoms with E-state index in [1.165, 1.54) is 0 Å². The van der Waals surface area contributed by atoms with Gasteiger partial charge in [-0.3, -0.25) is 9.59 Å². The number of benzene rings is 1. The van der Waals surface area contributed by atoms with Crippen LogP contribution >= 0.6 is 22.6 Å². The predicted octanol–water partition coefficient (Wildman–Crippen LogP) is 1.47. The first-order chi connectivity index (χ1) is 18.1. The second kappa shape index (κ2) is 11.4. The van der Waals surface area contributed by atoms with Crippen LogP contribution in [0.1, 0.15) is 53.2 Å². The molecular formula is C24H31IN10O3. The minimum Gasteiger partial charge on any atom is -0.382 e. The number of piperidine rings is 1. The highest BCUT2D eigenvalue weighted by molar-refractivity contribution is 14.1. The van der Waals surface area contributed by atoms with E-state index in [0.717, 1.165) is 0 Å². The van der Waals surface area contributed by atoms with E-state index in [-0.39, 0.29) is 40.8 Å². The number of halogens is 1. The number of amides is 4. The van der Waals surface area contributed by atoms with Gasteiger partial charge in [-0.15, -0.1) is 0 Å². The Bertz CT molecular complexity index is 1260. The fourth-order valence-corrected chi connectivity index (χ4v) is 4.88. The minimum atomic E-state index is -0.611. The van der Waals surface area contributed by atoms with Crippen LogP contribution in [0.3, 0.4) is 0 Å². The van der Waals surface area contributed by atoms with Gasteiger partial charge in [0.05, 0.1) is 11.2 Å². The maximum Gasteiger partial charge on any atom is 0.319 e. The molecule has 4 amide bonds. The number of nitrogen functional groups attached to an aromatic ring is 2. The average Bonchev–Trinajstić information content (AvgIpc) is 3.25. The molecule has 4 rings (SSSR count). The van der Waals surface area contributed by atoms with E-state index in [9.17, 15) is 14.4 Å². The molecule has 2 aliphatic heterocycles. The molecule has 1 aromatic heterocycles. The number of aliphatic imine (C=N–C) groups is 1. The third kappa shape index (κ3) is 6.23. The molecule has 14 heteroatoms. The van der Waals surface area contributed by atoms with Crippen LogP contribution in [0.4, 0.5) is 22.1 Å². The number of anilines is 3. The lowest BCUT2D eigenvalue weighted by atomic mass is 9.88. The lowest BCUT2D eigenvalue weighted by Gasteiger charge is -2.38. The molecule has 38 heavy (non-hydrogen) atoms. The summed E-state index contributed by atoms with van der Waals surface area (Å²) in [5.74, 6) is -0.210. The molecular weight excluding hydrogens is 603 g/mol. The Morgan fingerprint density at radius 2 is 1.82 bits per heavy atom. The number of hydrogen-bond donors (Lipinski definition) is 6. The van der Waals surface area contributed by atoms with Crippen molar-refractivity contribution in [2.75, 3.05) is 36.4 Å². The van der Waals surface area contributed by atoms with Gasteiger partial charge in [0.2, 0.25) is 0 Å². The van der Waals surface area contributed by atoms with E-state index in [0.29, 0.717) is 59.8 Å². The quantitative estimate of drug-likeness (QED) is 0.209. The first-order valence-electron chi connectivity index (χ1n) is 12.2. The van der Waals surface area contributed by atoms with Gasteiger partial charge in [-0.2, -0.15) is 4.99 Å². The summed E-state index contributed by atoms with van der Waals surface area (Å²) >= 11 is 2.08. The third-order valence-corrected chi connectivity index (χ3v) is 7.09. The van der Waals surface area contributed by atoms with Gasteiger partial charge >= 0.3 is 11.9 Å². The first-order valence-corrected chi connectivity index (χ1v) is 13.7. The van der Waals surface area contributed by atoms with E-state index < -0.39 is 5.91 Å². The van der Waals surface area contributed by atoms with Crippen LogP contribution in [0.5, 0.6) is 0 Å². The number of nitrogens with zero attached hydrogens (tertiary/aromatic N) is 4. The summed E-state index contributed by atoms with van der Waals surface area (Å²) in [5.41, 5.74) is 12.9. The third-order valence-electron chi connectivity index (χ3n) is 6.36. The number of carbonyl (C=O) groups is 3. The number of alkyl halides is 1. The zero-order chi connectivity index (χ0) is 27.4. The predicted molar refractivity (Wildman–Crippen MR) is 153 cm³/mol. The highest BCUT2D eigenvalue weighted by Crippen LogP contribution is 2.26. The molecule has 3 heterocycles. The SMILES string of the molecule is CC(C)NC(=O)Nc1ccc(C(=O)N2CCC3(CC2)CN/C(=N\C(=O)c2nc(CI)c(N)nc2N)N3)cc1. The summed E-state index contributed by atoms with van der Waals surface area (Å²) in [6.07, 6.45) is 1.35. The second-order valence-electron chi connectivity index (χ2n) is 9.57. The van der Waals surface area contributed by atoms with E-state index in [1.54, 1.807) is 29.2 Å². The molecule has 2 fully saturated rings. The fraction of sp³-hybridized carbons (Fsp3) is 0.417. The molecule has 2 aliphatic rings. The zero-order valence-corrected chi connectivity index (χ0v) is 23.3. The normalized spacial score (nSPS) is 17.3. The largest absolute Gasteiger partial charge is 0.382 e. The van der Waals surface area contributed by atoms with E-state index in [1.807, 2.05) is 13.8 Å². The molecule has 8 N–H and O–H groups in total. The highest BCUT2D eigenvalue weighted by atomic mass is 127. The van der Waals surface area contributed by atoms with Crippen LogP contribution in [0.15, 0.2) is 29.3 Å².